The first-order chi connectivity index (χ1) is 18.8. The van der Waals surface area contributed by atoms with E-state index in [9.17, 15) is 9.59 Å². The predicted octanol–water partition coefficient (Wildman–Crippen LogP) is 4.90. The maximum Gasteiger partial charge on any atom is 0.257 e. The van der Waals surface area contributed by atoms with Crippen molar-refractivity contribution in [3.8, 4) is 11.3 Å². The van der Waals surface area contributed by atoms with Crippen LogP contribution < -0.4 is 16.4 Å². The van der Waals surface area contributed by atoms with Gasteiger partial charge in [0.25, 0.3) is 11.8 Å². The normalized spacial score (nSPS) is 12.3. The number of rotatable bonds is 4. The molecular formula is C29H24FN7O2. The first-order valence-electron chi connectivity index (χ1n) is 12.4. The van der Waals surface area contributed by atoms with Gasteiger partial charge in [0.1, 0.15) is 22.9 Å². The summed E-state index contributed by atoms with van der Waals surface area (Å²) in [6, 6.07) is 16.2. The fraction of sp³-hybridized carbons (Fsp3) is 0.138. The smallest absolute Gasteiger partial charge is 0.257 e. The van der Waals surface area contributed by atoms with Crippen LogP contribution in [0, 0.1) is 19.7 Å². The number of amides is 2. The maximum atomic E-state index is 15.8. The Kier molecular flexibility index (Phi) is 5.79. The Morgan fingerprint density at radius 2 is 1.87 bits per heavy atom. The van der Waals surface area contributed by atoms with Crippen LogP contribution in [0.4, 0.5) is 21.7 Å². The Morgan fingerprint density at radius 3 is 2.67 bits per heavy atom. The summed E-state index contributed by atoms with van der Waals surface area (Å²) in [5.74, 6) is -1.28. The third-order valence-electron chi connectivity index (χ3n) is 6.88. The molecule has 2 aromatic heterocycles. The summed E-state index contributed by atoms with van der Waals surface area (Å²) in [6.45, 7) is 4.00. The molecule has 10 heteroatoms. The number of halogens is 1. The van der Waals surface area contributed by atoms with Crippen molar-refractivity contribution in [3.05, 3.63) is 94.4 Å². The highest BCUT2D eigenvalue weighted by molar-refractivity contribution is 6.07. The quantitative estimate of drug-likeness (QED) is 0.309. The van der Waals surface area contributed by atoms with Crippen molar-refractivity contribution in [1.82, 2.24) is 19.7 Å². The Labute approximate surface area is 222 Å². The summed E-state index contributed by atoms with van der Waals surface area (Å²) in [6.07, 6.45) is 2.12. The standard InChI is InChI=1S/C29H24FN7O2/c1-15-7-10-20-17(13-15)11-12-37-28(34-20)24(27(31)38)26(36-37)19-9-8-18(16(2)25(19)30)29(39)35-23-14-32-21-5-3-4-6-22(21)33-23/h3-10,13-14,34H,11-12H2,1-2H3,(H2,31,38)(H,33,35,39). The number of benzene rings is 3. The molecule has 0 unspecified atom stereocenters. The number of nitrogens with one attached hydrogen (secondary N) is 2. The third kappa shape index (κ3) is 4.25. The van der Waals surface area contributed by atoms with E-state index in [1.54, 1.807) is 10.7 Å². The lowest BCUT2D eigenvalue weighted by atomic mass is 9.99. The van der Waals surface area contributed by atoms with Gasteiger partial charge >= 0.3 is 0 Å². The molecule has 0 aliphatic carbocycles. The third-order valence-corrected chi connectivity index (χ3v) is 6.88. The molecule has 0 bridgehead atoms. The number of nitrogens with zero attached hydrogens (tertiary/aromatic N) is 4. The van der Waals surface area contributed by atoms with Gasteiger partial charge in [0, 0.05) is 23.4 Å². The lowest BCUT2D eigenvalue weighted by Crippen LogP contribution is -2.16. The molecule has 4 N–H and O–H groups in total. The van der Waals surface area contributed by atoms with Crippen LogP contribution in [-0.4, -0.2) is 31.6 Å². The highest BCUT2D eigenvalue weighted by Crippen LogP contribution is 2.36. The molecule has 194 valence electrons. The second-order valence-corrected chi connectivity index (χ2v) is 9.49. The number of aromatic nitrogens is 4. The van der Waals surface area contributed by atoms with E-state index >= 15 is 4.39 Å². The maximum absolute atomic E-state index is 15.8. The van der Waals surface area contributed by atoms with Crippen molar-refractivity contribution >= 4 is 40.2 Å². The van der Waals surface area contributed by atoms with E-state index in [-0.39, 0.29) is 33.8 Å². The minimum absolute atomic E-state index is 0.0786. The first-order valence-corrected chi connectivity index (χ1v) is 12.4. The van der Waals surface area contributed by atoms with Crippen LogP contribution in [0.2, 0.25) is 0 Å². The Balaban J connectivity index is 1.35. The molecule has 2 amide bonds. The molecule has 0 spiro atoms. The van der Waals surface area contributed by atoms with Crippen molar-refractivity contribution in [2.45, 2.75) is 26.8 Å². The number of carbonyl (C=O) groups excluding carboxylic acids is 2. The van der Waals surface area contributed by atoms with Crippen LogP contribution in [0.15, 0.2) is 60.8 Å². The van der Waals surface area contributed by atoms with Gasteiger partial charge in [-0.1, -0.05) is 29.8 Å². The molecule has 1 aliphatic heterocycles. The van der Waals surface area contributed by atoms with Crippen LogP contribution in [0.1, 0.15) is 37.4 Å². The summed E-state index contributed by atoms with van der Waals surface area (Å²) in [5, 5.41) is 10.5. The minimum atomic E-state index is -0.733. The number of aryl methyl sites for hydroxylation is 3. The lowest BCUT2D eigenvalue weighted by molar-refractivity contribution is 0.0998. The SMILES string of the molecule is Cc1ccc2c(c1)CCn1nc(-c3ccc(C(=O)Nc4cnc5ccccc5n4)c(C)c3F)c(C(N)=O)c1N2. The van der Waals surface area contributed by atoms with Gasteiger partial charge in [0.15, 0.2) is 5.82 Å². The zero-order chi connectivity index (χ0) is 27.3. The summed E-state index contributed by atoms with van der Waals surface area (Å²) in [7, 11) is 0. The molecule has 3 aromatic carbocycles. The minimum Gasteiger partial charge on any atom is -0.365 e. The van der Waals surface area contributed by atoms with E-state index in [4.69, 9.17) is 5.73 Å². The number of carbonyl (C=O) groups is 2. The molecule has 6 rings (SSSR count). The van der Waals surface area contributed by atoms with Gasteiger partial charge in [-0.15, -0.1) is 0 Å². The second-order valence-electron chi connectivity index (χ2n) is 9.49. The fourth-order valence-electron chi connectivity index (χ4n) is 4.89. The van der Waals surface area contributed by atoms with Gasteiger partial charge in [-0.05, 0) is 61.7 Å². The van der Waals surface area contributed by atoms with E-state index in [0.717, 1.165) is 16.8 Å². The fourth-order valence-corrected chi connectivity index (χ4v) is 4.89. The molecule has 0 saturated heterocycles. The molecule has 0 radical (unpaired) electrons. The number of anilines is 3. The monoisotopic (exact) mass is 521 g/mol. The Hall–Kier alpha value is -5.12. The van der Waals surface area contributed by atoms with Crippen molar-refractivity contribution in [2.75, 3.05) is 10.6 Å². The van der Waals surface area contributed by atoms with Crippen LogP contribution in [-0.2, 0) is 13.0 Å². The number of para-hydroxylation sites is 2. The van der Waals surface area contributed by atoms with Crippen molar-refractivity contribution in [1.29, 1.82) is 0 Å². The number of fused-ring (bicyclic) bond motifs is 3. The zero-order valence-electron chi connectivity index (χ0n) is 21.2. The summed E-state index contributed by atoms with van der Waals surface area (Å²) in [5.41, 5.74) is 10.7. The van der Waals surface area contributed by atoms with Gasteiger partial charge < -0.3 is 16.4 Å². The highest BCUT2D eigenvalue weighted by atomic mass is 19.1. The predicted molar refractivity (Wildman–Crippen MR) is 147 cm³/mol. The molecule has 0 atom stereocenters. The molecule has 5 aromatic rings. The molecule has 1 aliphatic rings. The summed E-state index contributed by atoms with van der Waals surface area (Å²) >= 11 is 0. The average Bonchev–Trinajstić information content (AvgIpc) is 3.18. The van der Waals surface area contributed by atoms with Gasteiger partial charge in [-0.25, -0.2) is 14.1 Å². The number of hydrogen-bond acceptors (Lipinski definition) is 6. The van der Waals surface area contributed by atoms with Crippen LogP contribution in [0.25, 0.3) is 22.3 Å². The van der Waals surface area contributed by atoms with E-state index in [1.165, 1.54) is 25.3 Å². The van der Waals surface area contributed by atoms with Crippen molar-refractivity contribution < 1.29 is 14.0 Å². The van der Waals surface area contributed by atoms with Gasteiger partial charge in [0.05, 0.1) is 17.2 Å². The van der Waals surface area contributed by atoms with Crippen LogP contribution >= 0.6 is 0 Å². The first kappa shape index (κ1) is 24.2. The van der Waals surface area contributed by atoms with Crippen molar-refractivity contribution in [3.63, 3.8) is 0 Å². The van der Waals surface area contributed by atoms with E-state index in [2.05, 4.69) is 31.8 Å². The van der Waals surface area contributed by atoms with Gasteiger partial charge in [0.2, 0.25) is 0 Å². The van der Waals surface area contributed by atoms with Crippen molar-refractivity contribution in [2.24, 2.45) is 5.73 Å². The summed E-state index contributed by atoms with van der Waals surface area (Å²) < 4.78 is 17.4. The number of nitrogens with two attached hydrogens (primary N) is 1. The molecule has 3 heterocycles. The van der Waals surface area contributed by atoms with E-state index < -0.39 is 17.6 Å². The Morgan fingerprint density at radius 1 is 1.08 bits per heavy atom. The van der Waals surface area contributed by atoms with Crippen LogP contribution in [0.5, 0.6) is 0 Å². The van der Waals surface area contributed by atoms with Crippen LogP contribution in [0.3, 0.4) is 0 Å². The topological polar surface area (TPSA) is 128 Å². The second kappa shape index (κ2) is 9.32. The average molecular weight is 522 g/mol. The molecular weight excluding hydrogens is 497 g/mol. The van der Waals surface area contributed by atoms with E-state index in [0.29, 0.717) is 29.8 Å². The zero-order valence-corrected chi connectivity index (χ0v) is 21.2. The molecule has 0 fully saturated rings. The number of hydrogen-bond donors (Lipinski definition) is 3. The van der Waals surface area contributed by atoms with E-state index in [1.807, 2.05) is 37.3 Å². The van der Waals surface area contributed by atoms with Gasteiger partial charge in [-0.2, -0.15) is 5.10 Å². The summed E-state index contributed by atoms with van der Waals surface area (Å²) in [4.78, 5) is 34.3. The molecule has 9 nitrogen and oxygen atoms in total. The Bertz CT molecular complexity index is 1810. The highest BCUT2D eigenvalue weighted by Gasteiger charge is 2.28. The molecule has 0 saturated carbocycles. The lowest BCUT2D eigenvalue weighted by Gasteiger charge is -2.12. The molecule has 39 heavy (non-hydrogen) atoms. The number of primary amides is 1. The van der Waals surface area contributed by atoms with Gasteiger partial charge in [-0.3, -0.25) is 14.6 Å². The largest absolute Gasteiger partial charge is 0.365 e.